The number of carbonyl (C=O) groups is 1. The molecule has 2 aliphatic rings. The van der Waals surface area contributed by atoms with Gasteiger partial charge in [-0.2, -0.15) is 0 Å². The predicted octanol–water partition coefficient (Wildman–Crippen LogP) is 3.64. The van der Waals surface area contributed by atoms with E-state index in [0.717, 1.165) is 32.7 Å². The van der Waals surface area contributed by atoms with Crippen LogP contribution in [0.15, 0.2) is 78.9 Å². The molecule has 0 saturated carbocycles. The Bertz CT molecular complexity index is 1340. The molecule has 3 aromatic carbocycles. The molecular formula is C26H18O3. The molecule has 0 fully saturated rings. The van der Waals surface area contributed by atoms with Crippen LogP contribution in [0.3, 0.4) is 0 Å². The van der Waals surface area contributed by atoms with E-state index in [2.05, 4.69) is 0 Å². The number of phenolic OH excluding ortho intramolecular Hbond substituents is 2. The first kappa shape index (κ1) is 17.3. The third-order valence-corrected chi connectivity index (χ3v) is 5.57. The number of hydrogen-bond donors (Lipinski definition) is 2. The predicted molar refractivity (Wildman–Crippen MR) is 114 cm³/mol. The molecule has 1 unspecified atom stereocenters. The van der Waals surface area contributed by atoms with Crippen LogP contribution in [0.5, 0.6) is 11.5 Å². The first-order chi connectivity index (χ1) is 14.1. The molecule has 0 aromatic heterocycles. The van der Waals surface area contributed by atoms with Crippen molar-refractivity contribution in [3.8, 4) is 11.5 Å². The Kier molecular flexibility index (Phi) is 3.95. The van der Waals surface area contributed by atoms with E-state index in [1.165, 1.54) is 0 Å². The highest BCUT2D eigenvalue weighted by molar-refractivity contribution is 6.07. The number of rotatable bonds is 2. The average Bonchev–Trinajstić information content (AvgIpc) is 2.73. The summed E-state index contributed by atoms with van der Waals surface area (Å²) in [5, 5.41) is 22.9. The molecule has 140 valence electrons. The first-order valence-corrected chi connectivity index (χ1v) is 9.48. The fraction of sp³-hybridized carbons (Fsp3) is 0.0385. The van der Waals surface area contributed by atoms with Crippen LogP contribution < -0.4 is 10.4 Å². The Morgan fingerprint density at radius 1 is 0.690 bits per heavy atom. The molecule has 0 amide bonds. The molecule has 3 aromatic rings. The smallest absolute Gasteiger partial charge is 0.186 e. The van der Waals surface area contributed by atoms with Crippen LogP contribution in [0.2, 0.25) is 0 Å². The number of hydrogen-bond acceptors (Lipinski definition) is 3. The SMILES string of the molecule is O=C1C=CC=c2cc3c(cc21)=CC=C(c1ccccc1O)C3c1ccccc1O. The molecule has 3 heteroatoms. The number of allylic oxidation sites excluding steroid dienone is 4. The largest absolute Gasteiger partial charge is 0.508 e. The van der Waals surface area contributed by atoms with Crippen LogP contribution in [-0.2, 0) is 0 Å². The Morgan fingerprint density at radius 2 is 1.45 bits per heavy atom. The molecular weight excluding hydrogens is 360 g/mol. The molecule has 0 heterocycles. The lowest BCUT2D eigenvalue weighted by Gasteiger charge is -2.27. The summed E-state index contributed by atoms with van der Waals surface area (Å²) in [7, 11) is 0. The molecule has 0 radical (unpaired) electrons. The van der Waals surface area contributed by atoms with Gasteiger partial charge in [0.15, 0.2) is 5.78 Å². The van der Waals surface area contributed by atoms with Gasteiger partial charge in [0.2, 0.25) is 0 Å². The molecule has 0 bridgehead atoms. The van der Waals surface area contributed by atoms with Gasteiger partial charge in [0, 0.05) is 22.6 Å². The second-order valence-electron chi connectivity index (χ2n) is 7.26. The van der Waals surface area contributed by atoms with Gasteiger partial charge >= 0.3 is 0 Å². The highest BCUT2D eigenvalue weighted by Gasteiger charge is 2.28. The van der Waals surface area contributed by atoms with E-state index in [9.17, 15) is 15.0 Å². The topological polar surface area (TPSA) is 57.5 Å². The lowest BCUT2D eigenvalue weighted by atomic mass is 9.77. The molecule has 0 saturated heterocycles. The lowest BCUT2D eigenvalue weighted by molar-refractivity contribution is 0.104. The Labute approximate surface area is 167 Å². The Morgan fingerprint density at radius 3 is 2.24 bits per heavy atom. The van der Waals surface area contributed by atoms with E-state index in [1.807, 2.05) is 54.6 Å². The summed E-state index contributed by atoms with van der Waals surface area (Å²) in [6.07, 6.45) is 9.20. The summed E-state index contributed by atoms with van der Waals surface area (Å²) in [4.78, 5) is 12.3. The van der Waals surface area contributed by atoms with Gasteiger partial charge < -0.3 is 10.2 Å². The molecule has 29 heavy (non-hydrogen) atoms. The normalized spacial score (nSPS) is 16.9. The van der Waals surface area contributed by atoms with E-state index in [4.69, 9.17) is 0 Å². The van der Waals surface area contributed by atoms with Crippen molar-refractivity contribution >= 4 is 23.5 Å². The summed E-state index contributed by atoms with van der Waals surface area (Å²) >= 11 is 0. The molecule has 2 aliphatic carbocycles. The van der Waals surface area contributed by atoms with Gasteiger partial charge in [0.1, 0.15) is 11.5 Å². The van der Waals surface area contributed by atoms with E-state index in [-0.39, 0.29) is 23.2 Å². The van der Waals surface area contributed by atoms with Gasteiger partial charge in [-0.25, -0.2) is 0 Å². The van der Waals surface area contributed by atoms with Gasteiger partial charge in [-0.1, -0.05) is 60.7 Å². The van der Waals surface area contributed by atoms with E-state index in [0.29, 0.717) is 5.56 Å². The van der Waals surface area contributed by atoms with Crippen LogP contribution >= 0.6 is 0 Å². The third kappa shape index (κ3) is 2.79. The summed E-state index contributed by atoms with van der Waals surface area (Å²) in [6, 6.07) is 18.4. The summed E-state index contributed by atoms with van der Waals surface area (Å²) in [5.41, 5.74) is 4.05. The average molecular weight is 378 g/mol. The molecule has 0 aliphatic heterocycles. The zero-order valence-electron chi connectivity index (χ0n) is 15.5. The first-order valence-electron chi connectivity index (χ1n) is 9.48. The van der Waals surface area contributed by atoms with E-state index in [1.54, 1.807) is 36.4 Å². The maximum Gasteiger partial charge on any atom is 0.186 e. The fourth-order valence-electron chi connectivity index (χ4n) is 4.20. The van der Waals surface area contributed by atoms with Crippen molar-refractivity contribution < 1.29 is 15.0 Å². The van der Waals surface area contributed by atoms with E-state index >= 15 is 0 Å². The third-order valence-electron chi connectivity index (χ3n) is 5.57. The van der Waals surface area contributed by atoms with Crippen LogP contribution in [0.1, 0.15) is 33.0 Å². The van der Waals surface area contributed by atoms with Crippen LogP contribution in [0, 0.1) is 0 Å². The number of phenols is 2. The highest BCUT2D eigenvalue weighted by Crippen LogP contribution is 2.43. The summed E-state index contributed by atoms with van der Waals surface area (Å²) in [6.45, 7) is 0. The van der Waals surface area contributed by atoms with Crippen molar-refractivity contribution in [3.05, 3.63) is 112 Å². The number of para-hydroxylation sites is 2. The second-order valence-corrected chi connectivity index (χ2v) is 7.26. The number of carbonyl (C=O) groups excluding carboxylic acids is 1. The summed E-state index contributed by atoms with van der Waals surface area (Å²) < 4.78 is 0. The maximum absolute atomic E-state index is 12.3. The molecule has 5 rings (SSSR count). The monoisotopic (exact) mass is 378 g/mol. The van der Waals surface area contributed by atoms with Crippen LogP contribution in [0.4, 0.5) is 0 Å². The summed E-state index contributed by atoms with van der Waals surface area (Å²) in [5.74, 6) is 0.112. The Hall–Kier alpha value is -3.85. The number of ketones is 1. The van der Waals surface area contributed by atoms with Crippen molar-refractivity contribution in [3.63, 3.8) is 0 Å². The molecule has 2 N–H and O–H groups in total. The van der Waals surface area contributed by atoms with Crippen molar-refractivity contribution in [2.75, 3.05) is 0 Å². The van der Waals surface area contributed by atoms with E-state index < -0.39 is 0 Å². The number of benzene rings is 3. The minimum absolute atomic E-state index is 0.00621. The minimum atomic E-state index is -0.274. The van der Waals surface area contributed by atoms with Gasteiger partial charge in [0.05, 0.1) is 0 Å². The highest BCUT2D eigenvalue weighted by atomic mass is 16.3. The second kappa shape index (κ2) is 6.64. The minimum Gasteiger partial charge on any atom is -0.508 e. The van der Waals surface area contributed by atoms with Crippen molar-refractivity contribution in [1.29, 1.82) is 0 Å². The zero-order chi connectivity index (χ0) is 20.0. The zero-order valence-corrected chi connectivity index (χ0v) is 15.5. The molecule has 3 nitrogen and oxygen atoms in total. The van der Waals surface area contributed by atoms with Gasteiger partial charge in [-0.15, -0.1) is 0 Å². The number of aromatic hydroxyl groups is 2. The lowest BCUT2D eigenvalue weighted by Crippen LogP contribution is -2.27. The van der Waals surface area contributed by atoms with Crippen molar-refractivity contribution in [2.45, 2.75) is 5.92 Å². The van der Waals surface area contributed by atoms with Crippen LogP contribution in [0.25, 0.3) is 17.7 Å². The van der Waals surface area contributed by atoms with Crippen molar-refractivity contribution in [2.24, 2.45) is 0 Å². The number of fused-ring (bicyclic) bond motifs is 2. The van der Waals surface area contributed by atoms with Gasteiger partial charge in [-0.3, -0.25) is 4.79 Å². The van der Waals surface area contributed by atoms with Gasteiger partial charge in [-0.05, 0) is 51.9 Å². The van der Waals surface area contributed by atoms with Crippen LogP contribution in [-0.4, -0.2) is 16.0 Å². The molecule has 1 atom stereocenters. The van der Waals surface area contributed by atoms with Crippen molar-refractivity contribution in [1.82, 2.24) is 0 Å². The maximum atomic E-state index is 12.3. The standard InChI is InChI=1S/C26H18O3/c27-23-9-3-1-7-18(23)19-13-12-17-14-21-16(6-5-11-25(21)29)15-22(17)26(19)20-8-2-4-10-24(20)28/h1-15,26-28H. The fourth-order valence-corrected chi connectivity index (χ4v) is 4.20. The molecule has 0 spiro atoms. The quantitative estimate of drug-likeness (QED) is 0.716. The van der Waals surface area contributed by atoms with Gasteiger partial charge in [0.25, 0.3) is 0 Å². The Balaban J connectivity index is 1.83.